The predicted molar refractivity (Wildman–Crippen MR) is 63.2 cm³/mol. The summed E-state index contributed by atoms with van der Waals surface area (Å²) < 4.78 is 0. The highest BCUT2D eigenvalue weighted by Crippen LogP contribution is 2.24. The van der Waals surface area contributed by atoms with Gasteiger partial charge in [-0.05, 0) is 27.2 Å². The number of nitrogens with zero attached hydrogens (tertiary/aromatic N) is 1. The normalized spacial score (nSPS) is 14.6. The smallest absolute Gasteiger partial charge is 0.329 e. The van der Waals surface area contributed by atoms with Crippen molar-refractivity contribution >= 4 is 12.4 Å². The van der Waals surface area contributed by atoms with Crippen molar-refractivity contribution in [1.29, 1.82) is 0 Å². The molecule has 4 nitrogen and oxygen atoms in total. The summed E-state index contributed by atoms with van der Waals surface area (Å²) in [5.41, 5.74) is -1.08. The molecule has 1 N–H and O–H groups in total. The topological polar surface area (TPSA) is 57.6 Å². The van der Waals surface area contributed by atoms with Gasteiger partial charge in [-0.2, -0.15) is 0 Å². The van der Waals surface area contributed by atoms with Crippen LogP contribution in [0.15, 0.2) is 0 Å². The van der Waals surface area contributed by atoms with Gasteiger partial charge in [0.1, 0.15) is 5.54 Å². The highest BCUT2D eigenvalue weighted by molar-refractivity contribution is 5.81. The largest absolute Gasteiger partial charge is 0.480 e. The first kappa shape index (κ1) is 14.9. The second kappa shape index (κ2) is 6.51. The van der Waals surface area contributed by atoms with Gasteiger partial charge in [0.15, 0.2) is 0 Å². The molecule has 1 amide bonds. The molecular weight excluding hydrogens is 206 g/mol. The quantitative estimate of drug-likeness (QED) is 0.513. The lowest BCUT2D eigenvalue weighted by atomic mass is 9.91. The molecule has 0 saturated carbocycles. The first-order valence-electron chi connectivity index (χ1n) is 5.87. The number of carbonyl (C=O) groups is 2. The lowest BCUT2D eigenvalue weighted by molar-refractivity contribution is -0.156. The Bertz CT molecular complexity index is 240. The maximum atomic E-state index is 11.3. The van der Waals surface area contributed by atoms with Crippen LogP contribution in [-0.2, 0) is 9.59 Å². The molecule has 0 aromatic carbocycles. The molecule has 0 spiro atoms. The fraction of sp³-hybridized carbons (Fsp3) is 0.833. The Morgan fingerprint density at radius 2 is 2.00 bits per heavy atom. The zero-order valence-corrected chi connectivity index (χ0v) is 10.7. The van der Waals surface area contributed by atoms with Crippen LogP contribution in [0.2, 0.25) is 0 Å². The molecule has 4 heteroatoms. The van der Waals surface area contributed by atoms with Crippen LogP contribution in [0.1, 0.15) is 53.4 Å². The molecular formula is C12H23NO3. The van der Waals surface area contributed by atoms with Crippen LogP contribution >= 0.6 is 0 Å². The number of carbonyl (C=O) groups excluding carboxylic acids is 1. The minimum absolute atomic E-state index is 0.0970. The van der Waals surface area contributed by atoms with Gasteiger partial charge in [-0.25, -0.2) is 4.79 Å². The van der Waals surface area contributed by atoms with Crippen LogP contribution in [0.5, 0.6) is 0 Å². The van der Waals surface area contributed by atoms with Crippen LogP contribution < -0.4 is 0 Å². The highest BCUT2D eigenvalue weighted by Gasteiger charge is 2.39. The molecule has 0 aliphatic carbocycles. The van der Waals surface area contributed by atoms with Crippen molar-refractivity contribution in [3.05, 3.63) is 0 Å². The van der Waals surface area contributed by atoms with Crippen molar-refractivity contribution in [1.82, 2.24) is 4.90 Å². The summed E-state index contributed by atoms with van der Waals surface area (Å²) >= 11 is 0. The second-order valence-electron chi connectivity index (χ2n) is 4.64. The number of amides is 1. The maximum Gasteiger partial charge on any atom is 0.329 e. The molecule has 94 valence electrons. The number of hydrogen-bond acceptors (Lipinski definition) is 2. The average Bonchev–Trinajstić information content (AvgIpc) is 2.18. The molecule has 0 aliphatic rings. The average molecular weight is 229 g/mol. The Labute approximate surface area is 97.6 Å². The van der Waals surface area contributed by atoms with Crippen molar-refractivity contribution in [3.63, 3.8) is 0 Å². The Morgan fingerprint density at radius 3 is 2.31 bits per heavy atom. The van der Waals surface area contributed by atoms with E-state index < -0.39 is 11.5 Å². The Morgan fingerprint density at radius 1 is 1.44 bits per heavy atom. The monoisotopic (exact) mass is 229 g/mol. The Kier molecular flexibility index (Phi) is 6.08. The van der Waals surface area contributed by atoms with Crippen molar-refractivity contribution in [2.45, 2.75) is 65.0 Å². The standard InChI is InChI=1S/C12H23NO3/c1-5-6-7-8-12(4,11(15)16)13(9-14)10(2)3/h9-10H,5-8H2,1-4H3,(H,15,16). The Hall–Kier alpha value is -1.06. The van der Waals surface area contributed by atoms with Gasteiger partial charge >= 0.3 is 5.97 Å². The van der Waals surface area contributed by atoms with E-state index in [1.165, 1.54) is 4.90 Å². The van der Waals surface area contributed by atoms with E-state index in [1.54, 1.807) is 6.92 Å². The molecule has 0 aromatic heterocycles. The van der Waals surface area contributed by atoms with E-state index in [1.807, 2.05) is 13.8 Å². The van der Waals surface area contributed by atoms with Gasteiger partial charge in [0.05, 0.1) is 0 Å². The molecule has 0 aliphatic heterocycles. The lowest BCUT2D eigenvalue weighted by Gasteiger charge is -2.38. The summed E-state index contributed by atoms with van der Waals surface area (Å²) in [6.45, 7) is 7.35. The lowest BCUT2D eigenvalue weighted by Crippen LogP contribution is -2.54. The first-order valence-corrected chi connectivity index (χ1v) is 5.87. The number of carboxylic acid groups (broad SMARTS) is 1. The van der Waals surface area contributed by atoms with Gasteiger partial charge in [-0.3, -0.25) is 4.79 Å². The molecule has 0 rings (SSSR count). The number of unbranched alkanes of at least 4 members (excludes halogenated alkanes) is 2. The third-order valence-corrected chi connectivity index (χ3v) is 2.97. The molecule has 0 heterocycles. The fourth-order valence-corrected chi connectivity index (χ4v) is 1.87. The van der Waals surface area contributed by atoms with Crippen molar-refractivity contribution in [2.75, 3.05) is 0 Å². The SMILES string of the molecule is CCCCCC(C)(C(=O)O)N(C=O)C(C)C. The van der Waals surface area contributed by atoms with Crippen molar-refractivity contribution in [2.24, 2.45) is 0 Å². The molecule has 16 heavy (non-hydrogen) atoms. The first-order chi connectivity index (χ1) is 7.40. The van der Waals surface area contributed by atoms with Gasteiger partial charge in [0.25, 0.3) is 0 Å². The summed E-state index contributed by atoms with van der Waals surface area (Å²) in [5.74, 6) is -0.926. The summed E-state index contributed by atoms with van der Waals surface area (Å²) in [5, 5.41) is 9.28. The van der Waals surface area contributed by atoms with E-state index in [2.05, 4.69) is 6.92 Å². The van der Waals surface area contributed by atoms with E-state index in [0.717, 1.165) is 19.3 Å². The molecule has 0 aromatic rings. The number of carboxylic acids is 1. The number of rotatable bonds is 8. The van der Waals surface area contributed by atoms with Crippen LogP contribution in [0.25, 0.3) is 0 Å². The van der Waals surface area contributed by atoms with Gasteiger partial charge in [-0.1, -0.05) is 26.2 Å². The van der Waals surface area contributed by atoms with Gasteiger partial charge < -0.3 is 10.0 Å². The van der Waals surface area contributed by atoms with Crippen LogP contribution in [0.4, 0.5) is 0 Å². The Balaban J connectivity index is 4.78. The number of aliphatic carboxylic acids is 1. The van der Waals surface area contributed by atoms with Gasteiger partial charge in [0, 0.05) is 6.04 Å². The zero-order chi connectivity index (χ0) is 12.8. The molecule has 0 fully saturated rings. The van der Waals surface area contributed by atoms with E-state index >= 15 is 0 Å². The van der Waals surface area contributed by atoms with Crippen LogP contribution in [0, 0.1) is 0 Å². The minimum atomic E-state index is -1.08. The molecule has 0 saturated heterocycles. The van der Waals surface area contributed by atoms with Gasteiger partial charge in [0.2, 0.25) is 6.41 Å². The van der Waals surface area contributed by atoms with Crippen LogP contribution in [-0.4, -0.2) is 34.0 Å². The molecule has 1 atom stereocenters. The molecule has 0 radical (unpaired) electrons. The predicted octanol–water partition coefficient (Wildman–Crippen LogP) is 2.28. The third kappa shape index (κ3) is 3.51. The van der Waals surface area contributed by atoms with E-state index in [4.69, 9.17) is 0 Å². The van der Waals surface area contributed by atoms with E-state index in [-0.39, 0.29) is 6.04 Å². The second-order valence-corrected chi connectivity index (χ2v) is 4.64. The maximum absolute atomic E-state index is 11.3. The van der Waals surface area contributed by atoms with E-state index in [0.29, 0.717) is 12.8 Å². The summed E-state index contributed by atoms with van der Waals surface area (Å²) in [6.07, 6.45) is 4.01. The third-order valence-electron chi connectivity index (χ3n) is 2.97. The van der Waals surface area contributed by atoms with E-state index in [9.17, 15) is 14.7 Å². The summed E-state index contributed by atoms with van der Waals surface area (Å²) in [7, 11) is 0. The zero-order valence-electron chi connectivity index (χ0n) is 10.7. The van der Waals surface area contributed by atoms with Crippen molar-refractivity contribution in [3.8, 4) is 0 Å². The van der Waals surface area contributed by atoms with Crippen molar-refractivity contribution < 1.29 is 14.7 Å². The fourth-order valence-electron chi connectivity index (χ4n) is 1.87. The number of hydrogen-bond donors (Lipinski definition) is 1. The summed E-state index contributed by atoms with van der Waals surface area (Å²) in [4.78, 5) is 23.7. The summed E-state index contributed by atoms with van der Waals surface area (Å²) in [6, 6.07) is -0.0970. The van der Waals surface area contributed by atoms with Crippen LogP contribution in [0.3, 0.4) is 0 Å². The highest BCUT2D eigenvalue weighted by atomic mass is 16.4. The minimum Gasteiger partial charge on any atom is -0.480 e. The molecule has 1 unspecified atom stereocenters. The molecule has 0 bridgehead atoms. The van der Waals surface area contributed by atoms with Gasteiger partial charge in [-0.15, -0.1) is 0 Å².